The average molecular weight is 462 g/mol. The number of nitrogens with zero attached hydrogens (tertiary/aromatic N) is 2. The second-order valence-electron chi connectivity index (χ2n) is 8.69. The molecule has 1 aliphatic rings. The largest absolute Gasteiger partial charge is 0.493 e. The molecule has 178 valence electrons. The molecular weight excluding hydrogens is 430 g/mol. The van der Waals surface area contributed by atoms with E-state index >= 15 is 0 Å². The van der Waals surface area contributed by atoms with Gasteiger partial charge in [-0.2, -0.15) is 0 Å². The average Bonchev–Trinajstić information content (AvgIpc) is 3.19. The number of allylic oxidation sites excluding steroid dienone is 1. The van der Waals surface area contributed by atoms with Gasteiger partial charge in [-0.05, 0) is 49.1 Å². The number of methoxy groups -OCH3 is 1. The van der Waals surface area contributed by atoms with Crippen molar-refractivity contribution in [2.24, 2.45) is 5.92 Å². The second kappa shape index (κ2) is 10.0. The number of fused-ring (bicyclic) bond motifs is 3. The number of ether oxygens (including phenoxy) is 3. The molecule has 0 aliphatic carbocycles. The van der Waals surface area contributed by atoms with E-state index in [9.17, 15) is 4.79 Å². The lowest BCUT2D eigenvalue weighted by Crippen LogP contribution is -2.29. The maximum Gasteiger partial charge on any atom is 0.338 e. The molecule has 0 radical (unpaired) electrons. The highest BCUT2D eigenvalue weighted by molar-refractivity contribution is 5.94. The van der Waals surface area contributed by atoms with Gasteiger partial charge in [0.15, 0.2) is 11.5 Å². The van der Waals surface area contributed by atoms with E-state index in [0.29, 0.717) is 41.2 Å². The highest BCUT2D eigenvalue weighted by Gasteiger charge is 2.35. The molecule has 2 aromatic carbocycles. The van der Waals surface area contributed by atoms with Crippen molar-refractivity contribution in [3.8, 4) is 11.5 Å². The van der Waals surface area contributed by atoms with Crippen LogP contribution in [-0.2, 0) is 9.53 Å². The maximum absolute atomic E-state index is 13.2. The third-order valence-corrected chi connectivity index (χ3v) is 5.84. The van der Waals surface area contributed by atoms with E-state index in [0.717, 1.165) is 23.0 Å². The van der Waals surface area contributed by atoms with Gasteiger partial charge in [-0.25, -0.2) is 9.78 Å². The van der Waals surface area contributed by atoms with Crippen molar-refractivity contribution < 1.29 is 19.0 Å². The Hall–Kier alpha value is -3.74. The number of hydrogen-bond acceptors (Lipinski definition) is 6. The summed E-state index contributed by atoms with van der Waals surface area (Å²) in [5.41, 5.74) is 3.81. The molecule has 7 heteroatoms. The summed E-state index contributed by atoms with van der Waals surface area (Å²) in [6.45, 7) is 10.6. The van der Waals surface area contributed by atoms with E-state index < -0.39 is 12.0 Å². The number of benzene rings is 2. The van der Waals surface area contributed by atoms with Gasteiger partial charge in [-0.1, -0.05) is 44.7 Å². The first-order valence-electron chi connectivity index (χ1n) is 11.5. The quantitative estimate of drug-likeness (QED) is 0.336. The summed E-state index contributed by atoms with van der Waals surface area (Å²) in [5, 5.41) is 3.28. The minimum atomic E-state index is -0.459. The molecule has 3 aromatic rings. The number of hydrogen-bond donors (Lipinski definition) is 1. The fourth-order valence-electron chi connectivity index (χ4n) is 4.13. The number of para-hydroxylation sites is 2. The lowest BCUT2D eigenvalue weighted by Gasteiger charge is -2.30. The summed E-state index contributed by atoms with van der Waals surface area (Å²) in [6, 6.07) is 13.2. The first-order chi connectivity index (χ1) is 16.4. The lowest BCUT2D eigenvalue weighted by molar-refractivity contribution is -0.138. The monoisotopic (exact) mass is 461 g/mol. The molecule has 0 unspecified atom stereocenters. The number of aromatic nitrogens is 2. The summed E-state index contributed by atoms with van der Waals surface area (Å²) < 4.78 is 19.1. The predicted octanol–water partition coefficient (Wildman–Crippen LogP) is 5.49. The smallest absolute Gasteiger partial charge is 0.338 e. The molecule has 0 spiro atoms. The third-order valence-electron chi connectivity index (χ3n) is 5.84. The lowest BCUT2D eigenvalue weighted by atomic mass is 9.94. The van der Waals surface area contributed by atoms with E-state index in [1.807, 2.05) is 54.0 Å². The van der Waals surface area contributed by atoms with Gasteiger partial charge >= 0.3 is 5.97 Å². The topological polar surface area (TPSA) is 74.6 Å². The minimum absolute atomic E-state index is 0.131. The first-order valence-corrected chi connectivity index (χ1v) is 11.5. The molecule has 2 heterocycles. The summed E-state index contributed by atoms with van der Waals surface area (Å²) in [7, 11) is 1.62. The third kappa shape index (κ3) is 4.51. The van der Waals surface area contributed by atoms with Crippen LogP contribution in [0.5, 0.6) is 11.5 Å². The molecule has 0 fully saturated rings. The van der Waals surface area contributed by atoms with Gasteiger partial charge in [-0.3, -0.25) is 4.57 Å². The highest BCUT2D eigenvalue weighted by atomic mass is 16.5. The Morgan fingerprint density at radius 3 is 2.76 bits per heavy atom. The van der Waals surface area contributed by atoms with E-state index in [2.05, 4.69) is 25.7 Å². The van der Waals surface area contributed by atoms with Crippen molar-refractivity contribution in [1.29, 1.82) is 0 Å². The Morgan fingerprint density at radius 2 is 2.03 bits per heavy atom. The van der Waals surface area contributed by atoms with Crippen LogP contribution < -0.4 is 14.8 Å². The van der Waals surface area contributed by atoms with Crippen LogP contribution in [0.3, 0.4) is 0 Å². The van der Waals surface area contributed by atoms with Gasteiger partial charge in [0.25, 0.3) is 0 Å². The van der Waals surface area contributed by atoms with Gasteiger partial charge < -0.3 is 19.5 Å². The number of nitrogens with one attached hydrogen (secondary N) is 1. The number of anilines is 1. The standard InChI is InChI=1S/C27H31N3O4/c1-6-14-34-26(31)24-18(4)28-27-29-20-9-7-8-10-21(20)30(27)25(24)19-11-12-22(23(16-19)32-5)33-15-13-17(2)3/h6-12,16-17,25H,1,13-15H2,2-5H3,(H,28,29)/t25-/m0/s1. The van der Waals surface area contributed by atoms with Crippen molar-refractivity contribution in [2.45, 2.75) is 33.2 Å². The zero-order valence-electron chi connectivity index (χ0n) is 20.1. The van der Waals surface area contributed by atoms with Gasteiger partial charge in [0.2, 0.25) is 5.95 Å². The fraction of sp³-hybridized carbons (Fsp3) is 0.333. The normalized spacial score (nSPS) is 15.1. The Balaban J connectivity index is 1.82. The Bertz CT molecular complexity index is 1240. The van der Waals surface area contributed by atoms with Crippen LogP contribution in [0, 0.1) is 5.92 Å². The van der Waals surface area contributed by atoms with Crippen LogP contribution in [0.25, 0.3) is 11.0 Å². The first kappa shape index (κ1) is 23.4. The molecule has 1 aromatic heterocycles. The Kier molecular flexibility index (Phi) is 6.91. The number of carbonyl (C=O) groups excluding carboxylic acids is 1. The van der Waals surface area contributed by atoms with E-state index in [4.69, 9.17) is 19.2 Å². The molecule has 1 aliphatic heterocycles. The summed E-state index contributed by atoms with van der Waals surface area (Å²) in [4.78, 5) is 17.9. The number of imidazole rings is 1. The van der Waals surface area contributed by atoms with Crippen LogP contribution in [0.4, 0.5) is 5.95 Å². The molecule has 0 saturated carbocycles. The van der Waals surface area contributed by atoms with E-state index in [-0.39, 0.29) is 6.61 Å². The predicted molar refractivity (Wildman–Crippen MR) is 133 cm³/mol. The molecule has 0 saturated heterocycles. The molecule has 1 N–H and O–H groups in total. The van der Waals surface area contributed by atoms with Crippen molar-refractivity contribution in [1.82, 2.24) is 9.55 Å². The van der Waals surface area contributed by atoms with Crippen molar-refractivity contribution in [2.75, 3.05) is 25.6 Å². The second-order valence-corrected chi connectivity index (χ2v) is 8.69. The van der Waals surface area contributed by atoms with Crippen LogP contribution in [0.15, 0.2) is 66.4 Å². The Labute approximate surface area is 200 Å². The molecule has 0 amide bonds. The van der Waals surface area contributed by atoms with Crippen LogP contribution >= 0.6 is 0 Å². The highest BCUT2D eigenvalue weighted by Crippen LogP contribution is 2.42. The maximum atomic E-state index is 13.2. The molecule has 7 nitrogen and oxygen atoms in total. The zero-order valence-corrected chi connectivity index (χ0v) is 20.1. The molecule has 0 bridgehead atoms. The fourth-order valence-corrected chi connectivity index (χ4v) is 4.13. The SMILES string of the molecule is C=CCOC(=O)C1=C(C)Nc2nc3ccccc3n2[C@H]1c1ccc(OCCC(C)C)c(OC)c1. The van der Waals surface area contributed by atoms with Crippen LogP contribution in [0.2, 0.25) is 0 Å². The van der Waals surface area contributed by atoms with E-state index in [1.165, 1.54) is 0 Å². The van der Waals surface area contributed by atoms with Crippen molar-refractivity contribution in [3.63, 3.8) is 0 Å². The number of esters is 1. The van der Waals surface area contributed by atoms with Crippen LogP contribution in [0.1, 0.15) is 38.8 Å². The summed E-state index contributed by atoms with van der Waals surface area (Å²) in [6.07, 6.45) is 2.51. The van der Waals surface area contributed by atoms with Crippen molar-refractivity contribution >= 4 is 23.0 Å². The minimum Gasteiger partial charge on any atom is -0.493 e. The van der Waals surface area contributed by atoms with Gasteiger partial charge in [0.05, 0.1) is 36.4 Å². The molecular formula is C27H31N3O4. The number of rotatable bonds is 9. The van der Waals surface area contributed by atoms with Gasteiger partial charge in [0.1, 0.15) is 6.61 Å². The molecule has 1 atom stereocenters. The summed E-state index contributed by atoms with van der Waals surface area (Å²) >= 11 is 0. The van der Waals surface area contributed by atoms with Crippen molar-refractivity contribution in [3.05, 3.63) is 72.0 Å². The van der Waals surface area contributed by atoms with Gasteiger partial charge in [0, 0.05) is 5.70 Å². The van der Waals surface area contributed by atoms with E-state index in [1.54, 1.807) is 13.2 Å². The summed E-state index contributed by atoms with van der Waals surface area (Å²) in [5.74, 6) is 2.09. The number of carbonyl (C=O) groups is 1. The zero-order chi connectivity index (χ0) is 24.2. The van der Waals surface area contributed by atoms with Crippen LogP contribution in [-0.4, -0.2) is 35.8 Å². The Morgan fingerprint density at radius 1 is 1.24 bits per heavy atom. The molecule has 4 rings (SSSR count). The van der Waals surface area contributed by atoms with Gasteiger partial charge in [-0.15, -0.1) is 0 Å². The molecule has 34 heavy (non-hydrogen) atoms.